The maximum absolute atomic E-state index is 11.1. The molecule has 0 fully saturated rings. The van der Waals surface area contributed by atoms with Crippen LogP contribution in [0.5, 0.6) is 0 Å². The molecule has 0 spiro atoms. The lowest BCUT2D eigenvalue weighted by molar-refractivity contribution is 0.201. The van der Waals surface area contributed by atoms with Crippen molar-refractivity contribution in [3.63, 3.8) is 0 Å². The Morgan fingerprint density at radius 2 is 2.19 bits per heavy atom. The van der Waals surface area contributed by atoms with Gasteiger partial charge in [-0.1, -0.05) is 25.5 Å². The molecular formula is C12H14N2O2. The number of benzene rings is 1. The molecule has 0 unspecified atom stereocenters. The van der Waals surface area contributed by atoms with E-state index in [0.29, 0.717) is 17.8 Å². The van der Waals surface area contributed by atoms with Gasteiger partial charge in [-0.25, -0.2) is 4.79 Å². The van der Waals surface area contributed by atoms with E-state index in [9.17, 15) is 4.79 Å². The molecule has 0 saturated heterocycles. The van der Waals surface area contributed by atoms with Crippen LogP contribution in [0.2, 0.25) is 0 Å². The first-order valence-electron chi connectivity index (χ1n) is 5.20. The Kier molecular flexibility index (Phi) is 4.34. The van der Waals surface area contributed by atoms with Crippen LogP contribution in [0.25, 0.3) is 0 Å². The van der Waals surface area contributed by atoms with Crippen molar-refractivity contribution in [2.45, 2.75) is 19.8 Å². The third kappa shape index (κ3) is 2.74. The summed E-state index contributed by atoms with van der Waals surface area (Å²) in [5.74, 6) is 0. The summed E-state index contributed by atoms with van der Waals surface area (Å²) in [7, 11) is 0. The van der Waals surface area contributed by atoms with Gasteiger partial charge >= 0.3 is 6.09 Å². The summed E-state index contributed by atoms with van der Waals surface area (Å²) in [6, 6.07) is 8.74. The molecule has 1 aromatic carbocycles. The normalized spacial score (nSPS) is 9.50. The van der Waals surface area contributed by atoms with Gasteiger partial charge in [-0.05, 0) is 18.6 Å². The Balaban J connectivity index is 3.01. The molecule has 0 atom stereocenters. The van der Waals surface area contributed by atoms with Crippen molar-refractivity contribution in [2.75, 3.05) is 11.4 Å². The molecule has 0 bridgehead atoms. The molecule has 0 heterocycles. The van der Waals surface area contributed by atoms with Gasteiger partial charge in [0.2, 0.25) is 0 Å². The summed E-state index contributed by atoms with van der Waals surface area (Å²) < 4.78 is 0. The molecule has 84 valence electrons. The van der Waals surface area contributed by atoms with Crippen molar-refractivity contribution in [1.82, 2.24) is 0 Å². The van der Waals surface area contributed by atoms with Gasteiger partial charge in [-0.15, -0.1) is 0 Å². The minimum absolute atomic E-state index is 0.390. The van der Waals surface area contributed by atoms with Crippen LogP contribution < -0.4 is 4.90 Å². The first kappa shape index (κ1) is 12.1. The fourth-order valence-electron chi connectivity index (χ4n) is 1.44. The summed E-state index contributed by atoms with van der Waals surface area (Å²) in [5, 5.41) is 18.0. The van der Waals surface area contributed by atoms with Crippen molar-refractivity contribution >= 4 is 11.8 Å². The molecule has 1 amide bonds. The molecule has 0 aromatic heterocycles. The molecule has 1 N–H and O–H groups in total. The van der Waals surface area contributed by atoms with Crippen LogP contribution in [0.3, 0.4) is 0 Å². The highest BCUT2D eigenvalue weighted by atomic mass is 16.4. The first-order chi connectivity index (χ1) is 7.70. The quantitative estimate of drug-likeness (QED) is 0.845. The Bertz CT molecular complexity index is 410. The lowest BCUT2D eigenvalue weighted by atomic mass is 10.1. The van der Waals surface area contributed by atoms with Gasteiger partial charge in [0, 0.05) is 6.54 Å². The van der Waals surface area contributed by atoms with Crippen LogP contribution in [0.1, 0.15) is 25.3 Å². The van der Waals surface area contributed by atoms with E-state index in [1.807, 2.05) is 13.0 Å². The van der Waals surface area contributed by atoms with Gasteiger partial charge in [0.05, 0.1) is 11.3 Å². The molecule has 16 heavy (non-hydrogen) atoms. The van der Waals surface area contributed by atoms with Crippen molar-refractivity contribution in [3.8, 4) is 6.07 Å². The lowest BCUT2D eigenvalue weighted by Crippen LogP contribution is -2.30. The molecule has 1 aromatic rings. The molecule has 0 aliphatic rings. The Hall–Kier alpha value is -2.02. The molecular weight excluding hydrogens is 204 g/mol. The molecule has 0 aliphatic carbocycles. The first-order valence-corrected chi connectivity index (χ1v) is 5.20. The van der Waals surface area contributed by atoms with Gasteiger partial charge in [-0.2, -0.15) is 5.26 Å². The average Bonchev–Trinajstić information content (AvgIpc) is 2.29. The van der Waals surface area contributed by atoms with Gasteiger partial charge in [0.1, 0.15) is 6.07 Å². The summed E-state index contributed by atoms with van der Waals surface area (Å²) in [6.07, 6.45) is 0.682. The lowest BCUT2D eigenvalue weighted by Gasteiger charge is -2.19. The molecule has 0 aliphatic heterocycles. The highest BCUT2D eigenvalue weighted by Gasteiger charge is 2.16. The van der Waals surface area contributed by atoms with Crippen molar-refractivity contribution in [3.05, 3.63) is 29.8 Å². The SMILES string of the molecule is CCCCN(C(=O)O)c1ccccc1C#N. The van der Waals surface area contributed by atoms with Crippen LogP contribution in [-0.4, -0.2) is 17.7 Å². The Labute approximate surface area is 94.7 Å². The maximum Gasteiger partial charge on any atom is 0.411 e. The number of nitrogens with zero attached hydrogens (tertiary/aromatic N) is 2. The van der Waals surface area contributed by atoms with E-state index in [1.54, 1.807) is 24.3 Å². The third-order valence-electron chi connectivity index (χ3n) is 2.28. The van der Waals surface area contributed by atoms with Crippen molar-refractivity contribution < 1.29 is 9.90 Å². The number of nitriles is 1. The predicted molar refractivity (Wildman–Crippen MR) is 61.4 cm³/mol. The number of amides is 1. The van der Waals surface area contributed by atoms with Gasteiger partial charge in [0.25, 0.3) is 0 Å². The van der Waals surface area contributed by atoms with Crippen LogP contribution in [0.15, 0.2) is 24.3 Å². The molecule has 0 radical (unpaired) electrons. The third-order valence-corrected chi connectivity index (χ3v) is 2.28. The van der Waals surface area contributed by atoms with Crippen molar-refractivity contribution in [1.29, 1.82) is 5.26 Å². The number of unbranched alkanes of at least 4 members (excludes halogenated alkanes) is 1. The van der Waals surface area contributed by atoms with E-state index in [2.05, 4.69) is 0 Å². The molecule has 0 saturated carbocycles. The van der Waals surface area contributed by atoms with Crippen LogP contribution in [0, 0.1) is 11.3 Å². The number of carboxylic acid groups (broad SMARTS) is 1. The second-order valence-electron chi connectivity index (χ2n) is 3.42. The van der Waals surface area contributed by atoms with E-state index in [0.717, 1.165) is 12.8 Å². The highest BCUT2D eigenvalue weighted by molar-refractivity contribution is 5.87. The monoisotopic (exact) mass is 218 g/mol. The zero-order valence-electron chi connectivity index (χ0n) is 9.18. The second kappa shape index (κ2) is 5.76. The summed E-state index contributed by atoms with van der Waals surface area (Å²) >= 11 is 0. The van der Waals surface area contributed by atoms with E-state index in [1.165, 1.54) is 4.90 Å². The summed E-state index contributed by atoms with van der Waals surface area (Å²) in [5.41, 5.74) is 0.854. The predicted octanol–water partition coefficient (Wildman–Crippen LogP) is 2.84. The summed E-state index contributed by atoms with van der Waals surface area (Å²) in [4.78, 5) is 12.3. The summed E-state index contributed by atoms with van der Waals surface area (Å²) in [6.45, 7) is 2.42. The molecule has 1 rings (SSSR count). The van der Waals surface area contributed by atoms with E-state index in [4.69, 9.17) is 10.4 Å². The largest absolute Gasteiger partial charge is 0.465 e. The molecule has 4 heteroatoms. The van der Waals surface area contributed by atoms with Crippen LogP contribution in [0.4, 0.5) is 10.5 Å². The number of hydrogen-bond acceptors (Lipinski definition) is 2. The maximum atomic E-state index is 11.1. The number of carbonyl (C=O) groups is 1. The number of para-hydroxylation sites is 1. The topological polar surface area (TPSA) is 64.3 Å². The Morgan fingerprint density at radius 1 is 1.50 bits per heavy atom. The van der Waals surface area contributed by atoms with E-state index in [-0.39, 0.29) is 0 Å². The fraction of sp³-hybridized carbons (Fsp3) is 0.333. The Morgan fingerprint density at radius 3 is 2.75 bits per heavy atom. The average molecular weight is 218 g/mol. The van der Waals surface area contributed by atoms with Crippen LogP contribution >= 0.6 is 0 Å². The fourth-order valence-corrected chi connectivity index (χ4v) is 1.44. The van der Waals surface area contributed by atoms with Gasteiger partial charge in [-0.3, -0.25) is 4.90 Å². The minimum atomic E-state index is -1.02. The van der Waals surface area contributed by atoms with Crippen LogP contribution in [-0.2, 0) is 0 Å². The second-order valence-corrected chi connectivity index (χ2v) is 3.42. The van der Waals surface area contributed by atoms with Crippen molar-refractivity contribution in [2.24, 2.45) is 0 Å². The highest BCUT2D eigenvalue weighted by Crippen LogP contribution is 2.20. The number of anilines is 1. The van der Waals surface area contributed by atoms with E-state index >= 15 is 0 Å². The minimum Gasteiger partial charge on any atom is -0.465 e. The zero-order valence-corrected chi connectivity index (χ0v) is 9.18. The number of rotatable bonds is 4. The van der Waals surface area contributed by atoms with Gasteiger partial charge in [0.15, 0.2) is 0 Å². The number of hydrogen-bond donors (Lipinski definition) is 1. The standard InChI is InChI=1S/C12H14N2O2/c1-2-3-8-14(12(15)16)11-7-5-4-6-10(11)9-13/h4-7H,2-3,8H2,1H3,(H,15,16). The molecule has 4 nitrogen and oxygen atoms in total. The smallest absolute Gasteiger partial charge is 0.411 e. The van der Waals surface area contributed by atoms with E-state index < -0.39 is 6.09 Å². The van der Waals surface area contributed by atoms with Gasteiger partial charge < -0.3 is 5.11 Å². The zero-order chi connectivity index (χ0) is 12.0.